The number of piperidine rings is 1. The van der Waals surface area contributed by atoms with Crippen LogP contribution in [0, 0.1) is 6.92 Å². The predicted octanol–water partition coefficient (Wildman–Crippen LogP) is 4.54. The van der Waals surface area contributed by atoms with Gasteiger partial charge in [-0.2, -0.15) is 0 Å². The fourth-order valence-corrected chi connectivity index (χ4v) is 3.45. The Morgan fingerprint density at radius 1 is 1.15 bits per heavy atom. The minimum Gasteiger partial charge on any atom is -0.480 e. The third-order valence-corrected chi connectivity index (χ3v) is 5.24. The van der Waals surface area contributed by atoms with E-state index in [2.05, 4.69) is 49.4 Å². The summed E-state index contributed by atoms with van der Waals surface area (Å²) in [6.07, 6.45) is 1.95. The quantitative estimate of drug-likeness (QED) is 0.788. The highest BCUT2D eigenvalue weighted by Gasteiger charge is 2.26. The normalized spacial score (nSPS) is 16.5. The molecule has 0 aromatic heterocycles. The van der Waals surface area contributed by atoms with Crippen molar-refractivity contribution in [2.24, 2.45) is 0 Å². The molecule has 1 N–H and O–H groups in total. The average molecular weight is 390 g/mol. The first-order valence-electron chi connectivity index (χ1n) is 9.28. The largest absolute Gasteiger partial charge is 0.480 e. The van der Waals surface area contributed by atoms with E-state index in [1.807, 2.05) is 11.0 Å². The zero-order chi connectivity index (χ0) is 18.5. The molecule has 27 heavy (non-hydrogen) atoms. The minimum atomic E-state index is -0.753. The van der Waals surface area contributed by atoms with Gasteiger partial charge in [0.1, 0.15) is 6.04 Å². The van der Waals surface area contributed by atoms with Crippen molar-refractivity contribution in [2.75, 3.05) is 13.1 Å². The second-order valence-corrected chi connectivity index (χ2v) is 7.08. The van der Waals surface area contributed by atoms with Gasteiger partial charge in [0.25, 0.3) is 0 Å². The molecule has 146 valence electrons. The van der Waals surface area contributed by atoms with Crippen LogP contribution >= 0.6 is 12.4 Å². The summed E-state index contributed by atoms with van der Waals surface area (Å²) in [5.74, 6) is -0.753. The number of aliphatic carboxylic acids is 1. The molecule has 1 heterocycles. The van der Waals surface area contributed by atoms with E-state index in [0.29, 0.717) is 6.61 Å². The molecule has 4 nitrogen and oxygen atoms in total. The van der Waals surface area contributed by atoms with Gasteiger partial charge in [0, 0.05) is 13.1 Å². The zero-order valence-corrected chi connectivity index (χ0v) is 16.7. The molecule has 3 rings (SSSR count). The third kappa shape index (κ3) is 5.55. The van der Waals surface area contributed by atoms with Gasteiger partial charge in [-0.3, -0.25) is 9.69 Å². The number of ether oxygens (including phenoxy) is 1. The first kappa shape index (κ1) is 21.4. The van der Waals surface area contributed by atoms with E-state index in [-0.39, 0.29) is 18.5 Å². The van der Waals surface area contributed by atoms with E-state index in [9.17, 15) is 4.79 Å². The summed E-state index contributed by atoms with van der Waals surface area (Å²) in [7, 11) is 0. The maximum Gasteiger partial charge on any atom is 0.320 e. The Balaban J connectivity index is 0.00000261. The molecule has 0 bridgehead atoms. The van der Waals surface area contributed by atoms with Crippen molar-refractivity contribution in [3.05, 3.63) is 59.7 Å². The number of carboxylic acid groups (broad SMARTS) is 1. The third-order valence-electron chi connectivity index (χ3n) is 5.24. The van der Waals surface area contributed by atoms with E-state index < -0.39 is 12.0 Å². The van der Waals surface area contributed by atoms with Crippen molar-refractivity contribution >= 4 is 18.4 Å². The summed E-state index contributed by atoms with van der Waals surface area (Å²) < 4.78 is 6.17. The zero-order valence-electron chi connectivity index (χ0n) is 15.9. The first-order chi connectivity index (χ1) is 12.5. The van der Waals surface area contributed by atoms with Gasteiger partial charge in [-0.15, -0.1) is 12.4 Å². The van der Waals surface area contributed by atoms with Crippen LogP contribution in [-0.4, -0.2) is 41.2 Å². The smallest absolute Gasteiger partial charge is 0.320 e. The first-order valence-corrected chi connectivity index (χ1v) is 9.28. The van der Waals surface area contributed by atoms with Crippen LogP contribution in [0.2, 0.25) is 0 Å². The molecule has 0 aliphatic carbocycles. The van der Waals surface area contributed by atoms with Crippen molar-refractivity contribution in [1.82, 2.24) is 4.90 Å². The number of nitrogens with zero attached hydrogens (tertiary/aromatic N) is 1. The minimum absolute atomic E-state index is 0. The number of halogens is 1. The average Bonchev–Trinajstić information content (AvgIpc) is 2.67. The number of rotatable bonds is 6. The highest BCUT2D eigenvalue weighted by atomic mass is 35.5. The Morgan fingerprint density at radius 2 is 1.78 bits per heavy atom. The van der Waals surface area contributed by atoms with Gasteiger partial charge in [-0.1, -0.05) is 54.1 Å². The maximum absolute atomic E-state index is 11.1. The second-order valence-electron chi connectivity index (χ2n) is 7.08. The Morgan fingerprint density at radius 3 is 2.41 bits per heavy atom. The van der Waals surface area contributed by atoms with E-state index in [4.69, 9.17) is 9.84 Å². The van der Waals surface area contributed by atoms with Crippen LogP contribution in [0.1, 0.15) is 30.9 Å². The van der Waals surface area contributed by atoms with Crippen molar-refractivity contribution in [2.45, 2.75) is 45.4 Å². The summed E-state index contributed by atoms with van der Waals surface area (Å²) in [6, 6.07) is 16.5. The van der Waals surface area contributed by atoms with Gasteiger partial charge >= 0.3 is 5.97 Å². The number of carboxylic acids is 1. The van der Waals surface area contributed by atoms with Gasteiger partial charge in [0.2, 0.25) is 0 Å². The van der Waals surface area contributed by atoms with Crippen LogP contribution in [0.15, 0.2) is 48.5 Å². The van der Waals surface area contributed by atoms with Crippen LogP contribution in [0.5, 0.6) is 0 Å². The highest BCUT2D eigenvalue weighted by Crippen LogP contribution is 2.26. The van der Waals surface area contributed by atoms with Gasteiger partial charge in [-0.25, -0.2) is 0 Å². The molecule has 1 aliphatic heterocycles. The van der Waals surface area contributed by atoms with E-state index in [0.717, 1.165) is 25.9 Å². The van der Waals surface area contributed by atoms with Crippen molar-refractivity contribution in [3.63, 3.8) is 0 Å². The molecule has 2 aromatic carbocycles. The van der Waals surface area contributed by atoms with Gasteiger partial charge < -0.3 is 9.84 Å². The Kier molecular flexibility index (Phi) is 7.84. The number of hydrogen-bond acceptors (Lipinski definition) is 3. The van der Waals surface area contributed by atoms with Crippen LogP contribution in [0.3, 0.4) is 0 Å². The van der Waals surface area contributed by atoms with E-state index in [1.165, 1.54) is 22.3 Å². The summed E-state index contributed by atoms with van der Waals surface area (Å²) >= 11 is 0. The van der Waals surface area contributed by atoms with Crippen LogP contribution < -0.4 is 0 Å². The molecule has 0 radical (unpaired) electrons. The molecule has 0 saturated carbocycles. The maximum atomic E-state index is 11.1. The van der Waals surface area contributed by atoms with Crippen molar-refractivity contribution in [1.29, 1.82) is 0 Å². The summed E-state index contributed by atoms with van der Waals surface area (Å²) in [4.78, 5) is 13.1. The molecule has 1 saturated heterocycles. The van der Waals surface area contributed by atoms with Crippen LogP contribution in [0.25, 0.3) is 11.1 Å². The summed E-state index contributed by atoms with van der Waals surface area (Å²) in [6.45, 7) is 5.98. The lowest BCUT2D eigenvalue weighted by molar-refractivity contribution is -0.143. The Hall–Kier alpha value is -1.88. The topological polar surface area (TPSA) is 49.8 Å². The molecule has 1 atom stereocenters. The lowest BCUT2D eigenvalue weighted by Crippen LogP contribution is -2.45. The standard InChI is InChI=1S/C22H27NO3.ClH/c1-16-7-9-18(10-8-16)21-6-4-3-5-19(21)15-26-20-11-13-23(14-12-20)17(2)22(24)25;/h3-10,17,20H,11-15H2,1-2H3,(H,24,25);1H. The molecule has 0 spiro atoms. The Labute approximate surface area is 167 Å². The van der Waals surface area contributed by atoms with Crippen LogP contribution in [-0.2, 0) is 16.1 Å². The molecule has 1 aliphatic rings. The van der Waals surface area contributed by atoms with Crippen molar-refractivity contribution in [3.8, 4) is 11.1 Å². The number of hydrogen-bond donors (Lipinski definition) is 1. The lowest BCUT2D eigenvalue weighted by Gasteiger charge is -2.34. The van der Waals surface area contributed by atoms with Gasteiger partial charge in [0.05, 0.1) is 12.7 Å². The Bertz CT molecular complexity index is 739. The van der Waals surface area contributed by atoms with Crippen molar-refractivity contribution < 1.29 is 14.6 Å². The molecule has 5 heteroatoms. The van der Waals surface area contributed by atoms with Gasteiger partial charge in [0.15, 0.2) is 0 Å². The lowest BCUT2D eigenvalue weighted by atomic mass is 9.99. The summed E-state index contributed by atoms with van der Waals surface area (Å²) in [5, 5.41) is 9.14. The second kappa shape index (κ2) is 9.88. The van der Waals surface area contributed by atoms with E-state index >= 15 is 0 Å². The molecule has 1 fully saturated rings. The molecule has 1 unspecified atom stereocenters. The number of aryl methyl sites for hydroxylation is 1. The molecular formula is C22H28ClNO3. The highest BCUT2D eigenvalue weighted by molar-refractivity contribution is 5.85. The molecule has 2 aromatic rings. The number of carbonyl (C=O) groups is 1. The SMILES string of the molecule is Cc1ccc(-c2ccccc2COC2CCN(C(C)C(=O)O)CC2)cc1.Cl. The molecular weight excluding hydrogens is 362 g/mol. The van der Waals surface area contributed by atoms with E-state index in [1.54, 1.807) is 6.92 Å². The monoisotopic (exact) mass is 389 g/mol. The van der Waals surface area contributed by atoms with Crippen LogP contribution in [0.4, 0.5) is 0 Å². The fourth-order valence-electron chi connectivity index (χ4n) is 3.45. The summed E-state index contributed by atoms with van der Waals surface area (Å²) in [5.41, 5.74) is 4.87. The van der Waals surface area contributed by atoms with Gasteiger partial charge in [-0.05, 0) is 43.4 Å². The number of likely N-dealkylation sites (tertiary alicyclic amines) is 1. The predicted molar refractivity (Wildman–Crippen MR) is 110 cm³/mol. The number of benzene rings is 2. The molecule has 0 amide bonds. The fraction of sp³-hybridized carbons (Fsp3) is 0.409.